The number of fused-ring (bicyclic) bond motifs is 3. The largest absolute Gasteiger partial charge is 0.508 e. The van der Waals surface area contributed by atoms with Gasteiger partial charge in [0, 0.05) is 23.1 Å². The number of phenols is 1. The molecule has 1 saturated heterocycles. The maximum Gasteiger partial charge on any atom is 0.116 e. The Bertz CT molecular complexity index is 922. The molecule has 0 amide bonds. The van der Waals surface area contributed by atoms with Crippen molar-refractivity contribution < 1.29 is 5.11 Å². The van der Waals surface area contributed by atoms with E-state index < -0.39 is 0 Å². The van der Waals surface area contributed by atoms with Gasteiger partial charge in [-0.1, -0.05) is 30.3 Å². The second-order valence-corrected chi connectivity index (χ2v) is 8.41. The molecule has 1 aliphatic heterocycles. The molecule has 0 bridgehead atoms. The number of benzene rings is 2. The Kier molecular flexibility index (Phi) is 4.41. The first-order valence-electron chi connectivity index (χ1n) is 10.4. The number of hydrogen-bond donors (Lipinski definition) is 2. The first-order valence-corrected chi connectivity index (χ1v) is 10.4. The van der Waals surface area contributed by atoms with Crippen molar-refractivity contribution in [3.8, 4) is 5.75 Å². The Hall–Kier alpha value is -2.26. The molecule has 0 saturated carbocycles. The summed E-state index contributed by atoms with van der Waals surface area (Å²) in [5.41, 5.74) is 5.51. The molecule has 1 fully saturated rings. The van der Waals surface area contributed by atoms with Crippen molar-refractivity contribution in [2.75, 3.05) is 19.6 Å². The number of rotatable bonds is 3. The lowest BCUT2D eigenvalue weighted by Gasteiger charge is -2.35. The predicted octanol–water partition coefficient (Wildman–Crippen LogP) is 4.86. The maximum absolute atomic E-state index is 9.87. The fourth-order valence-corrected chi connectivity index (χ4v) is 5.17. The van der Waals surface area contributed by atoms with Gasteiger partial charge in [-0.05, 0) is 86.4 Å². The van der Waals surface area contributed by atoms with Crippen LogP contribution in [0.15, 0.2) is 48.5 Å². The van der Waals surface area contributed by atoms with Crippen molar-refractivity contribution >= 4 is 10.9 Å². The van der Waals surface area contributed by atoms with E-state index in [4.69, 9.17) is 0 Å². The molecule has 2 aliphatic rings. The molecule has 1 unspecified atom stereocenters. The van der Waals surface area contributed by atoms with E-state index in [9.17, 15) is 5.11 Å². The van der Waals surface area contributed by atoms with Crippen LogP contribution in [0.3, 0.4) is 0 Å². The minimum absolute atomic E-state index is 0.370. The van der Waals surface area contributed by atoms with Crippen LogP contribution >= 0.6 is 0 Å². The molecule has 0 spiro atoms. The minimum Gasteiger partial charge on any atom is -0.508 e. The second kappa shape index (κ2) is 7.05. The average Bonchev–Trinajstić information content (AvgIpc) is 3.06. The number of phenolic OH excluding ortho intramolecular Hbond substituents is 1. The Labute approximate surface area is 161 Å². The summed E-state index contributed by atoms with van der Waals surface area (Å²) in [7, 11) is 0. The normalized spacial score (nSPS) is 21.4. The predicted molar refractivity (Wildman–Crippen MR) is 110 cm³/mol. The third-order valence-electron chi connectivity index (χ3n) is 6.65. The van der Waals surface area contributed by atoms with Crippen LogP contribution in [-0.4, -0.2) is 34.6 Å². The van der Waals surface area contributed by atoms with E-state index in [1.54, 1.807) is 6.07 Å². The number of hydrogen-bond acceptors (Lipinski definition) is 2. The number of nitrogens with zero attached hydrogens (tertiary/aromatic N) is 1. The molecular formula is C24H28N2O. The zero-order valence-corrected chi connectivity index (χ0v) is 15.8. The number of aromatic nitrogens is 1. The smallest absolute Gasteiger partial charge is 0.116 e. The quantitative estimate of drug-likeness (QED) is 0.700. The molecule has 140 valence electrons. The molecule has 5 rings (SSSR count). The first-order chi connectivity index (χ1) is 13.3. The van der Waals surface area contributed by atoms with E-state index in [0.29, 0.717) is 5.75 Å². The van der Waals surface area contributed by atoms with Gasteiger partial charge >= 0.3 is 0 Å². The highest BCUT2D eigenvalue weighted by Gasteiger charge is 2.26. The Morgan fingerprint density at radius 2 is 1.81 bits per heavy atom. The van der Waals surface area contributed by atoms with Gasteiger partial charge in [0.15, 0.2) is 0 Å². The molecule has 3 heteroatoms. The third-order valence-corrected chi connectivity index (χ3v) is 6.65. The molecule has 2 aromatic carbocycles. The van der Waals surface area contributed by atoms with E-state index in [2.05, 4.69) is 40.2 Å². The van der Waals surface area contributed by atoms with Gasteiger partial charge in [-0.15, -0.1) is 0 Å². The van der Waals surface area contributed by atoms with Crippen LogP contribution in [0.2, 0.25) is 0 Å². The van der Waals surface area contributed by atoms with Crippen molar-refractivity contribution in [1.82, 2.24) is 9.88 Å². The zero-order valence-electron chi connectivity index (χ0n) is 15.8. The van der Waals surface area contributed by atoms with Gasteiger partial charge in [0.1, 0.15) is 5.75 Å². The Morgan fingerprint density at radius 3 is 2.63 bits per heavy atom. The van der Waals surface area contributed by atoms with Crippen LogP contribution in [0, 0.1) is 5.92 Å². The SMILES string of the molecule is Oc1ccc2[nH]c3c(c2c1)CC(CN1CCC(c2ccccc2)CC1)CC3. The fourth-order valence-electron chi connectivity index (χ4n) is 5.17. The van der Waals surface area contributed by atoms with Crippen molar-refractivity contribution in [3.05, 3.63) is 65.4 Å². The van der Waals surface area contributed by atoms with E-state index >= 15 is 0 Å². The molecule has 1 atom stereocenters. The summed E-state index contributed by atoms with van der Waals surface area (Å²) in [5, 5.41) is 11.1. The van der Waals surface area contributed by atoms with Gasteiger partial charge < -0.3 is 15.0 Å². The number of aromatic hydroxyl groups is 1. The molecule has 2 N–H and O–H groups in total. The number of aromatic amines is 1. The molecule has 1 aromatic heterocycles. The third kappa shape index (κ3) is 3.37. The highest BCUT2D eigenvalue weighted by atomic mass is 16.3. The lowest BCUT2D eigenvalue weighted by molar-refractivity contribution is 0.175. The lowest BCUT2D eigenvalue weighted by atomic mass is 9.84. The average molecular weight is 361 g/mol. The number of H-pyrrole nitrogens is 1. The number of nitrogens with one attached hydrogen (secondary N) is 1. The van der Waals surface area contributed by atoms with E-state index in [0.717, 1.165) is 24.7 Å². The summed E-state index contributed by atoms with van der Waals surface area (Å²) in [5.74, 6) is 1.83. The van der Waals surface area contributed by atoms with Crippen LogP contribution in [0.5, 0.6) is 5.75 Å². The van der Waals surface area contributed by atoms with Crippen LogP contribution in [0.25, 0.3) is 10.9 Å². The molecular weight excluding hydrogens is 332 g/mol. The maximum atomic E-state index is 9.87. The van der Waals surface area contributed by atoms with Crippen molar-refractivity contribution in [2.45, 2.75) is 38.0 Å². The zero-order chi connectivity index (χ0) is 18.2. The standard InChI is InChI=1S/C24H28N2O/c27-20-7-9-24-22(15-20)21-14-17(6-8-23(21)25-24)16-26-12-10-19(11-13-26)18-4-2-1-3-5-18/h1-5,7,9,15,17,19,25,27H,6,8,10-14,16H2. The van der Waals surface area contributed by atoms with Crippen LogP contribution in [-0.2, 0) is 12.8 Å². The summed E-state index contributed by atoms with van der Waals surface area (Å²) in [4.78, 5) is 6.25. The second-order valence-electron chi connectivity index (χ2n) is 8.41. The van der Waals surface area contributed by atoms with Gasteiger partial charge in [-0.2, -0.15) is 0 Å². The van der Waals surface area contributed by atoms with Gasteiger partial charge in [0.05, 0.1) is 0 Å². The number of aryl methyl sites for hydroxylation is 1. The summed E-state index contributed by atoms with van der Waals surface area (Å²) >= 11 is 0. The summed E-state index contributed by atoms with van der Waals surface area (Å²) in [6, 6.07) is 16.7. The van der Waals surface area contributed by atoms with E-state index in [1.165, 1.54) is 66.6 Å². The van der Waals surface area contributed by atoms with E-state index in [-0.39, 0.29) is 0 Å². The Morgan fingerprint density at radius 1 is 1.00 bits per heavy atom. The highest BCUT2D eigenvalue weighted by molar-refractivity contribution is 5.86. The van der Waals surface area contributed by atoms with Crippen LogP contribution < -0.4 is 0 Å². The van der Waals surface area contributed by atoms with Gasteiger partial charge in [0.25, 0.3) is 0 Å². The van der Waals surface area contributed by atoms with Crippen LogP contribution in [0.1, 0.15) is 42.0 Å². The monoisotopic (exact) mass is 360 g/mol. The van der Waals surface area contributed by atoms with Gasteiger partial charge in [-0.25, -0.2) is 0 Å². The van der Waals surface area contributed by atoms with E-state index in [1.807, 2.05) is 12.1 Å². The van der Waals surface area contributed by atoms with Crippen molar-refractivity contribution in [3.63, 3.8) is 0 Å². The lowest BCUT2D eigenvalue weighted by Crippen LogP contribution is -2.37. The molecule has 27 heavy (non-hydrogen) atoms. The molecule has 3 nitrogen and oxygen atoms in total. The number of likely N-dealkylation sites (tertiary alicyclic amines) is 1. The van der Waals surface area contributed by atoms with Crippen molar-refractivity contribution in [2.24, 2.45) is 5.92 Å². The van der Waals surface area contributed by atoms with Gasteiger partial charge in [-0.3, -0.25) is 0 Å². The highest BCUT2D eigenvalue weighted by Crippen LogP contribution is 2.35. The van der Waals surface area contributed by atoms with Crippen molar-refractivity contribution in [1.29, 1.82) is 0 Å². The molecule has 2 heterocycles. The fraction of sp³-hybridized carbons (Fsp3) is 0.417. The molecule has 3 aromatic rings. The summed E-state index contributed by atoms with van der Waals surface area (Å²) in [6.45, 7) is 3.65. The molecule has 0 radical (unpaired) electrons. The summed E-state index contributed by atoms with van der Waals surface area (Å²) < 4.78 is 0. The Balaban J connectivity index is 1.23. The first kappa shape index (κ1) is 16.9. The van der Waals surface area contributed by atoms with Crippen LogP contribution in [0.4, 0.5) is 0 Å². The number of piperidine rings is 1. The minimum atomic E-state index is 0.370. The molecule has 1 aliphatic carbocycles. The summed E-state index contributed by atoms with van der Waals surface area (Å²) in [6.07, 6.45) is 6.10. The topological polar surface area (TPSA) is 39.3 Å². The van der Waals surface area contributed by atoms with Gasteiger partial charge in [0.2, 0.25) is 0 Å².